The third-order valence-electron chi connectivity index (χ3n) is 4.57. The van der Waals surface area contributed by atoms with Gasteiger partial charge in [-0.25, -0.2) is 4.39 Å². The predicted octanol–water partition coefficient (Wildman–Crippen LogP) is 5.12. The van der Waals surface area contributed by atoms with Gasteiger partial charge in [-0.2, -0.15) is 0 Å². The maximum Gasteiger partial charge on any atom is 0.241 e. The first kappa shape index (κ1) is 19.3. The summed E-state index contributed by atoms with van der Waals surface area (Å²) in [6.45, 7) is 2.95. The van der Waals surface area contributed by atoms with Gasteiger partial charge in [0.05, 0.1) is 12.2 Å². The highest BCUT2D eigenvalue weighted by molar-refractivity contribution is 6.31. The minimum atomic E-state index is -0.358. The van der Waals surface area contributed by atoms with E-state index in [1.165, 1.54) is 6.07 Å². The maximum absolute atomic E-state index is 14.0. The van der Waals surface area contributed by atoms with E-state index in [9.17, 15) is 9.18 Å². The SMILES string of the molecule is CCN(C(=O)CN(C)Cc1c(F)cccc1Cl)c1cccc2ccccc12. The highest BCUT2D eigenvalue weighted by Crippen LogP contribution is 2.27. The molecular weight excluding hydrogens is 363 g/mol. The molecule has 0 radical (unpaired) electrons. The molecule has 0 atom stereocenters. The van der Waals surface area contributed by atoms with Crippen molar-refractivity contribution in [2.45, 2.75) is 13.5 Å². The van der Waals surface area contributed by atoms with Gasteiger partial charge in [0, 0.05) is 29.1 Å². The van der Waals surface area contributed by atoms with Crippen LogP contribution in [0.1, 0.15) is 12.5 Å². The monoisotopic (exact) mass is 384 g/mol. The van der Waals surface area contributed by atoms with Crippen molar-refractivity contribution in [1.82, 2.24) is 4.90 Å². The number of rotatable bonds is 6. The van der Waals surface area contributed by atoms with E-state index < -0.39 is 0 Å². The Hall–Kier alpha value is -2.43. The molecule has 0 saturated heterocycles. The second-order valence-corrected chi connectivity index (χ2v) is 6.92. The molecule has 0 spiro atoms. The highest BCUT2D eigenvalue weighted by atomic mass is 35.5. The minimum Gasteiger partial charge on any atom is -0.311 e. The van der Waals surface area contributed by atoms with Crippen molar-refractivity contribution < 1.29 is 9.18 Å². The number of hydrogen-bond acceptors (Lipinski definition) is 2. The predicted molar refractivity (Wildman–Crippen MR) is 110 cm³/mol. The van der Waals surface area contributed by atoms with Crippen LogP contribution in [0.3, 0.4) is 0 Å². The van der Waals surface area contributed by atoms with Crippen LogP contribution in [0.2, 0.25) is 5.02 Å². The lowest BCUT2D eigenvalue weighted by atomic mass is 10.1. The fraction of sp³-hybridized carbons (Fsp3) is 0.227. The van der Waals surface area contributed by atoms with Gasteiger partial charge >= 0.3 is 0 Å². The molecule has 0 aliphatic heterocycles. The number of anilines is 1. The highest BCUT2D eigenvalue weighted by Gasteiger charge is 2.19. The summed E-state index contributed by atoms with van der Waals surface area (Å²) >= 11 is 6.10. The van der Waals surface area contributed by atoms with Crippen molar-refractivity contribution in [2.75, 3.05) is 25.0 Å². The molecule has 5 heteroatoms. The average Bonchev–Trinajstić information content (AvgIpc) is 2.65. The zero-order valence-electron chi connectivity index (χ0n) is 15.5. The van der Waals surface area contributed by atoms with Crippen LogP contribution < -0.4 is 4.90 Å². The number of benzene rings is 3. The smallest absolute Gasteiger partial charge is 0.241 e. The first-order valence-corrected chi connectivity index (χ1v) is 9.28. The Morgan fingerprint density at radius 2 is 1.74 bits per heavy atom. The largest absolute Gasteiger partial charge is 0.311 e. The molecular formula is C22H22ClFN2O. The Morgan fingerprint density at radius 3 is 2.48 bits per heavy atom. The van der Waals surface area contributed by atoms with Gasteiger partial charge in [0.15, 0.2) is 0 Å². The Kier molecular flexibility index (Phi) is 6.09. The van der Waals surface area contributed by atoms with E-state index in [4.69, 9.17) is 11.6 Å². The molecule has 0 saturated carbocycles. The quantitative estimate of drug-likeness (QED) is 0.589. The molecule has 0 fully saturated rings. The van der Waals surface area contributed by atoms with E-state index in [0.29, 0.717) is 17.1 Å². The summed E-state index contributed by atoms with van der Waals surface area (Å²) in [7, 11) is 1.79. The Balaban J connectivity index is 1.79. The van der Waals surface area contributed by atoms with Crippen LogP contribution in [0.5, 0.6) is 0 Å². The normalized spacial score (nSPS) is 11.1. The molecule has 3 aromatic carbocycles. The number of halogens is 2. The van der Waals surface area contributed by atoms with Crippen molar-refractivity contribution in [3.8, 4) is 0 Å². The first-order valence-electron chi connectivity index (χ1n) is 8.90. The molecule has 3 rings (SSSR count). The number of likely N-dealkylation sites (N-methyl/N-ethyl adjacent to an activating group) is 2. The van der Waals surface area contributed by atoms with Crippen LogP contribution >= 0.6 is 11.6 Å². The van der Waals surface area contributed by atoms with Crippen molar-refractivity contribution in [3.63, 3.8) is 0 Å². The van der Waals surface area contributed by atoms with Crippen molar-refractivity contribution in [1.29, 1.82) is 0 Å². The van der Waals surface area contributed by atoms with Crippen LogP contribution in [0.15, 0.2) is 60.7 Å². The van der Waals surface area contributed by atoms with Crippen molar-refractivity contribution in [2.24, 2.45) is 0 Å². The van der Waals surface area contributed by atoms with Crippen molar-refractivity contribution >= 4 is 34.0 Å². The lowest BCUT2D eigenvalue weighted by molar-refractivity contribution is -0.119. The van der Waals surface area contributed by atoms with Gasteiger partial charge in [0.1, 0.15) is 5.82 Å². The minimum absolute atomic E-state index is 0.0381. The van der Waals surface area contributed by atoms with Gasteiger partial charge in [0.25, 0.3) is 0 Å². The Labute approximate surface area is 164 Å². The maximum atomic E-state index is 14.0. The standard InChI is InChI=1S/C22H22ClFN2O/c1-3-26(21-13-6-9-16-8-4-5-10-17(16)21)22(27)15-25(2)14-18-19(23)11-7-12-20(18)24/h4-13H,3,14-15H2,1-2H3. The van der Waals surface area contributed by atoms with E-state index in [0.717, 1.165) is 16.5 Å². The third kappa shape index (κ3) is 4.29. The number of nitrogens with zero attached hydrogens (tertiary/aromatic N) is 2. The van der Waals surface area contributed by atoms with E-state index in [1.54, 1.807) is 29.0 Å². The molecule has 0 bridgehead atoms. The Bertz CT molecular complexity index is 934. The Morgan fingerprint density at radius 1 is 1.04 bits per heavy atom. The van der Waals surface area contributed by atoms with Crippen LogP contribution in [0, 0.1) is 5.82 Å². The van der Waals surface area contributed by atoms with Gasteiger partial charge in [-0.3, -0.25) is 9.69 Å². The third-order valence-corrected chi connectivity index (χ3v) is 4.92. The molecule has 27 heavy (non-hydrogen) atoms. The molecule has 0 aliphatic rings. The summed E-state index contributed by atoms with van der Waals surface area (Å²) in [5, 5.41) is 2.50. The van der Waals surface area contributed by atoms with E-state index in [1.807, 2.05) is 49.4 Å². The molecule has 0 N–H and O–H groups in total. The van der Waals surface area contributed by atoms with Gasteiger partial charge in [-0.05, 0) is 37.6 Å². The summed E-state index contributed by atoms with van der Waals surface area (Å²) in [5.41, 5.74) is 1.29. The molecule has 0 aliphatic carbocycles. The second kappa shape index (κ2) is 8.51. The molecule has 0 heterocycles. The fourth-order valence-corrected chi connectivity index (χ4v) is 3.47. The van der Waals surface area contributed by atoms with Crippen LogP contribution in [-0.2, 0) is 11.3 Å². The number of carbonyl (C=O) groups excluding carboxylic acids is 1. The number of fused-ring (bicyclic) bond motifs is 1. The average molecular weight is 385 g/mol. The second-order valence-electron chi connectivity index (χ2n) is 6.51. The summed E-state index contributed by atoms with van der Waals surface area (Å²) in [6, 6.07) is 18.6. The molecule has 140 valence electrons. The molecule has 1 amide bonds. The van der Waals surface area contributed by atoms with Crippen molar-refractivity contribution in [3.05, 3.63) is 77.1 Å². The topological polar surface area (TPSA) is 23.6 Å². The fourth-order valence-electron chi connectivity index (χ4n) is 3.25. The summed E-state index contributed by atoms with van der Waals surface area (Å²) in [5.74, 6) is -0.396. The van der Waals surface area contributed by atoms with E-state index in [-0.39, 0.29) is 24.8 Å². The van der Waals surface area contributed by atoms with Gasteiger partial charge < -0.3 is 4.90 Å². The van der Waals surface area contributed by atoms with Gasteiger partial charge in [-0.1, -0.05) is 54.1 Å². The number of hydrogen-bond donors (Lipinski definition) is 0. The molecule has 0 aromatic heterocycles. The van der Waals surface area contributed by atoms with Crippen LogP contribution in [0.4, 0.5) is 10.1 Å². The molecule has 3 nitrogen and oxygen atoms in total. The summed E-state index contributed by atoms with van der Waals surface area (Å²) < 4.78 is 14.0. The zero-order chi connectivity index (χ0) is 19.4. The number of carbonyl (C=O) groups is 1. The van der Waals surface area contributed by atoms with Gasteiger partial charge in [0.2, 0.25) is 5.91 Å². The molecule has 3 aromatic rings. The zero-order valence-corrected chi connectivity index (χ0v) is 16.2. The van der Waals surface area contributed by atoms with E-state index >= 15 is 0 Å². The van der Waals surface area contributed by atoms with Crippen LogP contribution in [-0.4, -0.2) is 30.9 Å². The summed E-state index contributed by atoms with van der Waals surface area (Å²) in [4.78, 5) is 16.5. The molecule has 0 unspecified atom stereocenters. The lowest BCUT2D eigenvalue weighted by Crippen LogP contribution is -2.39. The summed E-state index contributed by atoms with van der Waals surface area (Å²) in [6.07, 6.45) is 0. The lowest BCUT2D eigenvalue weighted by Gasteiger charge is -2.26. The first-order chi connectivity index (χ1) is 13.0. The van der Waals surface area contributed by atoms with Crippen LogP contribution in [0.25, 0.3) is 10.8 Å². The van der Waals surface area contributed by atoms with E-state index in [2.05, 4.69) is 0 Å². The number of amides is 1. The van der Waals surface area contributed by atoms with Gasteiger partial charge in [-0.15, -0.1) is 0 Å².